The van der Waals surface area contributed by atoms with Gasteiger partial charge in [0.1, 0.15) is 6.04 Å². The number of aliphatic hydroxyl groups is 1. The summed E-state index contributed by atoms with van der Waals surface area (Å²) in [7, 11) is 1.40. The van der Waals surface area contributed by atoms with E-state index in [1.165, 1.54) is 7.11 Å². The first kappa shape index (κ1) is 11.8. The van der Waals surface area contributed by atoms with Crippen LogP contribution in [0.5, 0.6) is 0 Å². The molecule has 5 nitrogen and oxygen atoms in total. The molecule has 0 radical (unpaired) electrons. The first-order valence-corrected chi connectivity index (χ1v) is 5.81. The zero-order valence-corrected chi connectivity index (χ0v) is 9.59. The maximum Gasteiger partial charge on any atom is 0.323 e. The molecule has 16 heavy (non-hydrogen) atoms. The van der Waals surface area contributed by atoms with E-state index in [9.17, 15) is 9.90 Å². The zero-order chi connectivity index (χ0) is 11.5. The second-order valence-electron chi connectivity index (χ2n) is 4.47. The van der Waals surface area contributed by atoms with Gasteiger partial charge in [0.2, 0.25) is 0 Å². The molecule has 0 amide bonds. The van der Waals surface area contributed by atoms with Gasteiger partial charge in [0.05, 0.1) is 13.2 Å². The van der Waals surface area contributed by atoms with Crippen molar-refractivity contribution in [2.75, 3.05) is 26.9 Å². The Morgan fingerprint density at radius 3 is 2.75 bits per heavy atom. The maximum absolute atomic E-state index is 11.6. The summed E-state index contributed by atoms with van der Waals surface area (Å²) < 4.78 is 10.1. The van der Waals surface area contributed by atoms with E-state index in [2.05, 4.69) is 4.90 Å². The molecule has 2 heterocycles. The third kappa shape index (κ3) is 2.36. The van der Waals surface area contributed by atoms with E-state index in [0.717, 1.165) is 26.1 Å². The topological polar surface area (TPSA) is 59.0 Å². The van der Waals surface area contributed by atoms with Crippen molar-refractivity contribution in [3.8, 4) is 0 Å². The third-order valence-electron chi connectivity index (χ3n) is 3.45. The Labute approximate surface area is 95.3 Å². The van der Waals surface area contributed by atoms with Crippen molar-refractivity contribution in [2.24, 2.45) is 0 Å². The number of nitrogens with zero attached hydrogens (tertiary/aromatic N) is 1. The van der Waals surface area contributed by atoms with Crippen LogP contribution < -0.4 is 0 Å². The third-order valence-corrected chi connectivity index (χ3v) is 3.45. The molecule has 2 aliphatic rings. The molecule has 0 aromatic rings. The summed E-state index contributed by atoms with van der Waals surface area (Å²) in [6.45, 7) is 2.06. The monoisotopic (exact) mass is 229 g/mol. The van der Waals surface area contributed by atoms with Crippen molar-refractivity contribution in [1.82, 2.24) is 4.90 Å². The standard InChI is InChI=1S/C11H19NO4/c1-15-11(14)10-6-9(13)7-12(10)8-2-4-16-5-3-8/h8-10,13H,2-7H2,1H3. The Bertz CT molecular complexity index is 252. The molecule has 2 atom stereocenters. The molecular weight excluding hydrogens is 210 g/mol. The van der Waals surface area contributed by atoms with Gasteiger partial charge in [-0.25, -0.2) is 0 Å². The van der Waals surface area contributed by atoms with Crippen LogP contribution in [0.25, 0.3) is 0 Å². The number of carbonyl (C=O) groups excluding carboxylic acids is 1. The van der Waals surface area contributed by atoms with E-state index in [0.29, 0.717) is 19.0 Å². The smallest absolute Gasteiger partial charge is 0.323 e. The van der Waals surface area contributed by atoms with Crippen LogP contribution in [-0.2, 0) is 14.3 Å². The molecule has 5 heteroatoms. The molecule has 0 aromatic carbocycles. The largest absolute Gasteiger partial charge is 0.468 e. The summed E-state index contributed by atoms with van der Waals surface area (Å²) in [6, 6.07) is 0.0677. The Hall–Kier alpha value is -0.650. The first-order valence-electron chi connectivity index (χ1n) is 5.81. The fourth-order valence-electron chi connectivity index (χ4n) is 2.63. The molecule has 1 N–H and O–H groups in total. The van der Waals surface area contributed by atoms with Crippen molar-refractivity contribution in [1.29, 1.82) is 0 Å². The maximum atomic E-state index is 11.6. The van der Waals surface area contributed by atoms with Gasteiger partial charge in [-0.15, -0.1) is 0 Å². The van der Waals surface area contributed by atoms with Crippen LogP contribution in [0.4, 0.5) is 0 Å². The number of rotatable bonds is 2. The van der Waals surface area contributed by atoms with E-state index < -0.39 is 6.10 Å². The van der Waals surface area contributed by atoms with Gasteiger partial charge in [-0.05, 0) is 12.8 Å². The van der Waals surface area contributed by atoms with Crippen LogP contribution in [0.1, 0.15) is 19.3 Å². The highest BCUT2D eigenvalue weighted by Crippen LogP contribution is 2.26. The minimum absolute atomic E-state index is 0.233. The molecule has 0 aliphatic carbocycles. The highest BCUT2D eigenvalue weighted by atomic mass is 16.5. The molecule has 0 saturated carbocycles. The Morgan fingerprint density at radius 2 is 2.12 bits per heavy atom. The second kappa shape index (κ2) is 5.12. The zero-order valence-electron chi connectivity index (χ0n) is 9.59. The number of ether oxygens (including phenoxy) is 2. The van der Waals surface area contributed by atoms with Gasteiger partial charge in [0.25, 0.3) is 0 Å². The summed E-state index contributed by atoms with van der Waals surface area (Å²) >= 11 is 0. The number of β-amino-alcohol motifs (C(OH)–C–C–N with tert-alkyl or cyclic N) is 1. The normalized spacial score (nSPS) is 32.9. The van der Waals surface area contributed by atoms with Crippen LogP contribution in [0.3, 0.4) is 0 Å². The number of methoxy groups -OCH3 is 1. The number of esters is 1. The van der Waals surface area contributed by atoms with Crippen molar-refractivity contribution in [2.45, 2.75) is 37.5 Å². The van der Waals surface area contributed by atoms with Crippen LogP contribution in [-0.4, -0.2) is 61.0 Å². The quantitative estimate of drug-likeness (QED) is 0.663. The lowest BCUT2D eigenvalue weighted by Gasteiger charge is -2.33. The minimum Gasteiger partial charge on any atom is -0.468 e. The molecule has 0 spiro atoms. The van der Waals surface area contributed by atoms with E-state index in [1.807, 2.05) is 0 Å². The number of likely N-dealkylation sites (tertiary alicyclic amines) is 1. The van der Waals surface area contributed by atoms with Gasteiger partial charge in [-0.2, -0.15) is 0 Å². The highest BCUT2D eigenvalue weighted by Gasteiger charge is 2.40. The average molecular weight is 229 g/mol. The van der Waals surface area contributed by atoms with Gasteiger partial charge >= 0.3 is 5.97 Å². The van der Waals surface area contributed by atoms with Crippen molar-refractivity contribution < 1.29 is 19.4 Å². The molecule has 2 unspecified atom stereocenters. The molecule has 2 aliphatic heterocycles. The van der Waals surface area contributed by atoms with Gasteiger partial charge in [-0.1, -0.05) is 0 Å². The van der Waals surface area contributed by atoms with Crippen molar-refractivity contribution in [3.63, 3.8) is 0 Å². The summed E-state index contributed by atoms with van der Waals surface area (Å²) in [6.07, 6.45) is 1.94. The van der Waals surface area contributed by atoms with E-state index >= 15 is 0 Å². The Morgan fingerprint density at radius 1 is 1.44 bits per heavy atom. The van der Waals surface area contributed by atoms with E-state index in [4.69, 9.17) is 9.47 Å². The number of hydrogen-bond acceptors (Lipinski definition) is 5. The molecule has 2 rings (SSSR count). The molecule has 2 saturated heterocycles. The van der Waals surface area contributed by atoms with Crippen LogP contribution in [0.2, 0.25) is 0 Å². The first-order chi connectivity index (χ1) is 7.72. The van der Waals surface area contributed by atoms with Crippen molar-refractivity contribution in [3.05, 3.63) is 0 Å². The Kier molecular flexibility index (Phi) is 3.78. The predicted octanol–water partition coefficient (Wildman–Crippen LogP) is -0.226. The molecule has 0 bridgehead atoms. The van der Waals surface area contributed by atoms with Gasteiger partial charge in [0.15, 0.2) is 0 Å². The summed E-state index contributed by atoms with van der Waals surface area (Å²) in [5.74, 6) is -0.233. The number of aliphatic hydroxyl groups excluding tert-OH is 1. The fourth-order valence-corrected chi connectivity index (χ4v) is 2.63. The molecule has 92 valence electrons. The second-order valence-corrected chi connectivity index (χ2v) is 4.47. The highest BCUT2D eigenvalue weighted by molar-refractivity contribution is 5.76. The lowest BCUT2D eigenvalue weighted by molar-refractivity contribution is -0.147. The average Bonchev–Trinajstić information content (AvgIpc) is 2.71. The van der Waals surface area contributed by atoms with Crippen molar-refractivity contribution >= 4 is 5.97 Å². The molecule has 2 fully saturated rings. The predicted molar refractivity (Wildman–Crippen MR) is 57.0 cm³/mol. The Balaban J connectivity index is 2.02. The minimum atomic E-state index is -0.410. The fraction of sp³-hybridized carbons (Fsp3) is 0.909. The lowest BCUT2D eigenvalue weighted by atomic mass is 10.1. The SMILES string of the molecule is COC(=O)C1CC(O)CN1C1CCOCC1. The number of carbonyl (C=O) groups is 1. The van der Waals surface area contributed by atoms with Crippen LogP contribution in [0.15, 0.2) is 0 Å². The van der Waals surface area contributed by atoms with Crippen LogP contribution in [0, 0.1) is 0 Å². The van der Waals surface area contributed by atoms with Crippen LogP contribution >= 0.6 is 0 Å². The van der Waals surface area contributed by atoms with Gasteiger partial charge in [-0.3, -0.25) is 9.69 Å². The summed E-state index contributed by atoms with van der Waals surface area (Å²) in [5.41, 5.74) is 0. The van der Waals surface area contributed by atoms with Gasteiger partial charge in [0, 0.05) is 32.2 Å². The lowest BCUT2D eigenvalue weighted by Crippen LogP contribution is -2.46. The number of hydrogen-bond donors (Lipinski definition) is 1. The molecular formula is C11H19NO4. The summed E-state index contributed by atoms with van der Waals surface area (Å²) in [5, 5.41) is 9.66. The molecule has 0 aromatic heterocycles. The van der Waals surface area contributed by atoms with E-state index in [1.54, 1.807) is 0 Å². The summed E-state index contributed by atoms with van der Waals surface area (Å²) in [4.78, 5) is 13.7. The van der Waals surface area contributed by atoms with Gasteiger partial charge < -0.3 is 14.6 Å². The van der Waals surface area contributed by atoms with E-state index in [-0.39, 0.29) is 12.0 Å².